The number of aliphatic imine (C=N–C) groups is 1. The Balaban J connectivity index is 1.74. The molecule has 0 unspecified atom stereocenters. The highest BCUT2D eigenvalue weighted by molar-refractivity contribution is 5.86. The molecule has 0 aromatic heterocycles. The molecule has 1 fully saturated rings. The predicted molar refractivity (Wildman–Crippen MR) is 109 cm³/mol. The van der Waals surface area contributed by atoms with E-state index in [0.717, 1.165) is 45.3 Å². The summed E-state index contributed by atoms with van der Waals surface area (Å²) >= 11 is 0. The summed E-state index contributed by atoms with van der Waals surface area (Å²) < 4.78 is 37.2. The molecule has 0 atom stereocenters. The van der Waals surface area contributed by atoms with Crippen LogP contribution in [0.4, 0.5) is 13.2 Å². The van der Waals surface area contributed by atoms with Crippen molar-refractivity contribution in [3.63, 3.8) is 0 Å². The van der Waals surface area contributed by atoms with E-state index in [9.17, 15) is 18.0 Å². The number of nitrogens with one attached hydrogen (secondary N) is 1. The molecule has 1 aromatic carbocycles. The van der Waals surface area contributed by atoms with Crippen molar-refractivity contribution in [1.29, 1.82) is 0 Å². The molecule has 160 valence electrons. The van der Waals surface area contributed by atoms with Crippen molar-refractivity contribution in [2.45, 2.75) is 6.18 Å². The number of hydrogen-bond donors (Lipinski definition) is 1. The van der Waals surface area contributed by atoms with Gasteiger partial charge in [-0.05, 0) is 5.56 Å². The molecular weight excluding hydrogens is 383 g/mol. The maximum absolute atomic E-state index is 12.4. The van der Waals surface area contributed by atoms with Crippen LogP contribution < -0.4 is 5.32 Å². The molecule has 1 aromatic rings. The van der Waals surface area contributed by atoms with Crippen LogP contribution in [0.25, 0.3) is 6.08 Å². The number of benzene rings is 1. The van der Waals surface area contributed by atoms with E-state index in [-0.39, 0.29) is 6.54 Å². The average Bonchev–Trinajstić information content (AvgIpc) is 2.69. The molecule has 1 aliphatic heterocycles. The van der Waals surface area contributed by atoms with Gasteiger partial charge in [-0.3, -0.25) is 14.7 Å². The first-order chi connectivity index (χ1) is 13.8. The van der Waals surface area contributed by atoms with Gasteiger partial charge in [0.1, 0.15) is 6.54 Å². The number of hydrogen-bond acceptors (Lipinski definition) is 3. The molecule has 0 aliphatic carbocycles. The Bertz CT molecular complexity index is 698. The summed E-state index contributed by atoms with van der Waals surface area (Å²) in [4.78, 5) is 21.0. The van der Waals surface area contributed by atoms with Gasteiger partial charge in [-0.1, -0.05) is 42.5 Å². The number of carbonyl (C=O) groups is 1. The molecule has 9 heteroatoms. The second kappa shape index (κ2) is 10.8. The molecule has 0 spiro atoms. The molecule has 6 nitrogen and oxygen atoms in total. The topological polar surface area (TPSA) is 51.2 Å². The zero-order valence-corrected chi connectivity index (χ0v) is 16.8. The van der Waals surface area contributed by atoms with Crippen molar-refractivity contribution in [3.05, 3.63) is 42.0 Å². The minimum atomic E-state index is -4.41. The van der Waals surface area contributed by atoms with E-state index in [0.29, 0.717) is 10.9 Å². The molecule has 2 rings (SSSR count). The standard InChI is InChI=1S/C20H28F3N5O/c1-24-19(25-15-18(29)26(2)16-20(21,22)23)28-13-11-27(12-14-28)10-6-9-17-7-4-3-5-8-17/h3-9H,10-16H2,1-2H3,(H,24,25)/b9-6+. The van der Waals surface area contributed by atoms with Crippen molar-refractivity contribution in [3.8, 4) is 0 Å². The van der Waals surface area contributed by atoms with Gasteiger partial charge in [0.15, 0.2) is 5.96 Å². The van der Waals surface area contributed by atoms with Crippen LogP contribution in [0, 0.1) is 0 Å². The van der Waals surface area contributed by atoms with Gasteiger partial charge < -0.3 is 15.1 Å². The number of piperazine rings is 1. The molecule has 1 saturated heterocycles. The molecule has 29 heavy (non-hydrogen) atoms. The minimum absolute atomic E-state index is 0.223. The van der Waals surface area contributed by atoms with Crippen molar-refractivity contribution >= 4 is 17.9 Å². The highest BCUT2D eigenvalue weighted by Gasteiger charge is 2.31. The van der Waals surface area contributed by atoms with Crippen molar-refractivity contribution in [2.24, 2.45) is 4.99 Å². The number of guanidine groups is 1. The molecule has 0 radical (unpaired) electrons. The minimum Gasteiger partial charge on any atom is -0.347 e. The van der Waals surface area contributed by atoms with Crippen molar-refractivity contribution in [1.82, 2.24) is 20.0 Å². The van der Waals surface area contributed by atoms with Gasteiger partial charge in [-0.15, -0.1) is 0 Å². The largest absolute Gasteiger partial charge is 0.406 e. The lowest BCUT2D eigenvalue weighted by molar-refractivity contribution is -0.157. The number of halogens is 3. The van der Waals surface area contributed by atoms with Gasteiger partial charge in [0.2, 0.25) is 5.91 Å². The number of carbonyl (C=O) groups excluding carboxylic acids is 1. The van der Waals surface area contributed by atoms with Crippen LogP contribution in [0.1, 0.15) is 5.56 Å². The first kappa shape index (κ1) is 22.7. The zero-order chi connectivity index (χ0) is 21.3. The molecule has 0 saturated carbocycles. The highest BCUT2D eigenvalue weighted by atomic mass is 19.4. The summed E-state index contributed by atoms with van der Waals surface area (Å²) in [6, 6.07) is 10.1. The quantitative estimate of drug-likeness (QED) is 0.574. The fourth-order valence-corrected chi connectivity index (χ4v) is 3.02. The summed E-state index contributed by atoms with van der Waals surface area (Å²) in [6.07, 6.45) is -0.180. The SMILES string of the molecule is CN=C(NCC(=O)N(C)CC(F)(F)F)N1CCN(C/C=C/c2ccccc2)CC1. The van der Waals surface area contributed by atoms with Crippen LogP contribution in [-0.2, 0) is 4.79 Å². The van der Waals surface area contributed by atoms with Gasteiger partial charge >= 0.3 is 6.18 Å². The fourth-order valence-electron chi connectivity index (χ4n) is 3.02. The van der Waals surface area contributed by atoms with E-state index in [4.69, 9.17) is 0 Å². The third kappa shape index (κ3) is 8.15. The second-order valence-corrected chi connectivity index (χ2v) is 6.87. The van der Waals surface area contributed by atoms with Gasteiger partial charge in [0, 0.05) is 46.8 Å². The Morgan fingerprint density at radius 2 is 1.86 bits per heavy atom. The van der Waals surface area contributed by atoms with E-state index < -0.39 is 18.6 Å². The van der Waals surface area contributed by atoms with Gasteiger partial charge in [0.25, 0.3) is 0 Å². The van der Waals surface area contributed by atoms with Crippen LogP contribution >= 0.6 is 0 Å². The number of amides is 1. The predicted octanol–water partition coefficient (Wildman–Crippen LogP) is 1.91. The summed E-state index contributed by atoms with van der Waals surface area (Å²) in [6.45, 7) is 2.48. The summed E-state index contributed by atoms with van der Waals surface area (Å²) in [7, 11) is 2.74. The summed E-state index contributed by atoms with van der Waals surface area (Å²) in [5, 5.41) is 2.87. The number of likely N-dealkylation sites (N-methyl/N-ethyl adjacent to an activating group) is 1. The summed E-state index contributed by atoms with van der Waals surface area (Å²) in [5.74, 6) is -0.105. The lowest BCUT2D eigenvalue weighted by atomic mass is 10.2. The average molecular weight is 411 g/mol. The van der Waals surface area contributed by atoms with Gasteiger partial charge in [-0.2, -0.15) is 13.2 Å². The first-order valence-electron chi connectivity index (χ1n) is 9.49. The lowest BCUT2D eigenvalue weighted by Gasteiger charge is -2.36. The van der Waals surface area contributed by atoms with Crippen LogP contribution in [0.5, 0.6) is 0 Å². The monoisotopic (exact) mass is 411 g/mol. The Hall–Kier alpha value is -2.55. The van der Waals surface area contributed by atoms with E-state index in [1.165, 1.54) is 0 Å². The zero-order valence-electron chi connectivity index (χ0n) is 16.8. The third-order valence-electron chi connectivity index (χ3n) is 4.60. The van der Waals surface area contributed by atoms with E-state index in [2.05, 4.69) is 39.5 Å². The van der Waals surface area contributed by atoms with Gasteiger partial charge in [0.05, 0.1) is 6.54 Å². The Kier molecular flexibility index (Phi) is 8.50. The fraction of sp³-hybridized carbons (Fsp3) is 0.500. The maximum atomic E-state index is 12.4. The Morgan fingerprint density at radius 1 is 1.21 bits per heavy atom. The molecule has 1 heterocycles. The van der Waals surface area contributed by atoms with E-state index in [1.807, 2.05) is 23.1 Å². The van der Waals surface area contributed by atoms with Crippen LogP contribution in [0.2, 0.25) is 0 Å². The number of rotatable bonds is 6. The van der Waals surface area contributed by atoms with Crippen molar-refractivity contribution < 1.29 is 18.0 Å². The number of nitrogens with zero attached hydrogens (tertiary/aromatic N) is 4. The smallest absolute Gasteiger partial charge is 0.347 e. The van der Waals surface area contributed by atoms with E-state index >= 15 is 0 Å². The molecule has 1 N–H and O–H groups in total. The van der Waals surface area contributed by atoms with Crippen LogP contribution in [0.3, 0.4) is 0 Å². The Labute approximate surface area is 169 Å². The lowest BCUT2D eigenvalue weighted by Crippen LogP contribution is -2.53. The summed E-state index contributed by atoms with van der Waals surface area (Å²) in [5.41, 5.74) is 1.16. The molecule has 1 aliphatic rings. The Morgan fingerprint density at radius 3 is 2.45 bits per heavy atom. The van der Waals surface area contributed by atoms with Crippen LogP contribution in [-0.4, -0.2) is 92.7 Å². The molecule has 0 bridgehead atoms. The van der Waals surface area contributed by atoms with Crippen LogP contribution in [0.15, 0.2) is 41.4 Å². The second-order valence-electron chi connectivity index (χ2n) is 6.87. The van der Waals surface area contributed by atoms with Crippen molar-refractivity contribution in [2.75, 3.05) is 59.9 Å². The molecule has 1 amide bonds. The van der Waals surface area contributed by atoms with Gasteiger partial charge in [-0.25, -0.2) is 0 Å². The van der Waals surface area contributed by atoms with E-state index in [1.54, 1.807) is 7.05 Å². The molecular formula is C20H28F3N5O. The normalized spacial score (nSPS) is 16.3. The third-order valence-corrected chi connectivity index (χ3v) is 4.60. The highest BCUT2D eigenvalue weighted by Crippen LogP contribution is 2.15. The number of alkyl halides is 3. The maximum Gasteiger partial charge on any atom is 0.406 e. The first-order valence-corrected chi connectivity index (χ1v) is 9.49.